The summed E-state index contributed by atoms with van der Waals surface area (Å²) in [6.45, 7) is 0.628. The van der Waals surface area contributed by atoms with Crippen LogP contribution in [0.15, 0.2) is 52.4 Å². The first-order chi connectivity index (χ1) is 13.4. The van der Waals surface area contributed by atoms with Gasteiger partial charge in [-0.25, -0.2) is 8.42 Å². The molecule has 0 radical (unpaired) electrons. The lowest BCUT2D eigenvalue weighted by atomic mass is 10.1. The molecule has 146 valence electrons. The average molecular weight is 420 g/mol. The van der Waals surface area contributed by atoms with E-state index in [2.05, 4.69) is 15.0 Å². The highest BCUT2D eigenvalue weighted by molar-refractivity contribution is 7.90. The zero-order chi connectivity index (χ0) is 19.7. The first kappa shape index (κ1) is 18.8. The molecule has 0 fully saturated rings. The van der Waals surface area contributed by atoms with Gasteiger partial charge in [0.15, 0.2) is 6.10 Å². The van der Waals surface area contributed by atoms with Crippen molar-refractivity contribution in [3.8, 4) is 5.75 Å². The Morgan fingerprint density at radius 1 is 1.21 bits per heavy atom. The van der Waals surface area contributed by atoms with Gasteiger partial charge in [0.2, 0.25) is 0 Å². The van der Waals surface area contributed by atoms with Gasteiger partial charge in [0.1, 0.15) is 11.6 Å². The van der Waals surface area contributed by atoms with Gasteiger partial charge in [0.25, 0.3) is 15.9 Å². The molecule has 9 heteroatoms. The van der Waals surface area contributed by atoms with Crippen LogP contribution in [0.1, 0.15) is 18.4 Å². The molecule has 2 N–H and O–H groups in total. The Bertz CT molecular complexity index is 1070. The summed E-state index contributed by atoms with van der Waals surface area (Å²) >= 11 is 5.97. The molecule has 0 spiro atoms. The zero-order valence-electron chi connectivity index (χ0n) is 14.8. The predicted molar refractivity (Wildman–Crippen MR) is 107 cm³/mol. The van der Waals surface area contributed by atoms with Crippen molar-refractivity contribution >= 4 is 39.1 Å². The second kappa shape index (κ2) is 7.44. The maximum Gasteiger partial charge on any atom is 0.265 e. The molecule has 0 saturated heterocycles. The van der Waals surface area contributed by atoms with Crippen LogP contribution in [0.5, 0.6) is 5.75 Å². The smallest absolute Gasteiger partial charge is 0.265 e. The molecule has 0 unspecified atom stereocenters. The van der Waals surface area contributed by atoms with Gasteiger partial charge in [-0.3, -0.25) is 14.5 Å². The van der Waals surface area contributed by atoms with Crippen LogP contribution in [0.25, 0.3) is 0 Å². The number of nitrogens with one attached hydrogen (secondary N) is 2. The molecule has 1 atom stereocenters. The molecule has 2 aliphatic rings. The minimum Gasteiger partial charge on any atom is -0.480 e. The first-order valence-corrected chi connectivity index (χ1v) is 10.7. The molecule has 2 aliphatic heterocycles. The van der Waals surface area contributed by atoms with Crippen molar-refractivity contribution in [2.45, 2.75) is 30.3 Å². The van der Waals surface area contributed by atoms with Crippen molar-refractivity contribution in [1.29, 1.82) is 0 Å². The lowest BCUT2D eigenvalue weighted by molar-refractivity contribution is -0.122. The summed E-state index contributed by atoms with van der Waals surface area (Å²) < 4.78 is 33.2. The van der Waals surface area contributed by atoms with Crippen LogP contribution in [0.4, 0.5) is 5.69 Å². The first-order valence-electron chi connectivity index (χ1n) is 8.83. The number of benzene rings is 2. The van der Waals surface area contributed by atoms with E-state index in [9.17, 15) is 13.2 Å². The third kappa shape index (κ3) is 3.98. The number of aliphatic imine (C=N–C) groups is 1. The number of nitrogens with zero attached hydrogens (tertiary/aromatic N) is 1. The highest BCUT2D eigenvalue weighted by atomic mass is 35.5. The van der Waals surface area contributed by atoms with E-state index in [1.54, 1.807) is 30.3 Å². The van der Waals surface area contributed by atoms with E-state index in [1.165, 1.54) is 12.1 Å². The molecule has 28 heavy (non-hydrogen) atoms. The number of halogens is 1. The van der Waals surface area contributed by atoms with Gasteiger partial charge in [-0.15, -0.1) is 0 Å². The molecule has 7 nitrogen and oxygen atoms in total. The predicted octanol–water partition coefficient (Wildman–Crippen LogP) is 2.75. The van der Waals surface area contributed by atoms with E-state index >= 15 is 0 Å². The number of hydrogen-bond donors (Lipinski definition) is 2. The van der Waals surface area contributed by atoms with Gasteiger partial charge in [0.05, 0.1) is 4.90 Å². The fraction of sp³-hybridized carbons (Fsp3) is 0.263. The van der Waals surface area contributed by atoms with Crippen LogP contribution in [0.2, 0.25) is 5.02 Å². The molecule has 1 amide bonds. The Labute approximate surface area is 167 Å². The lowest BCUT2D eigenvalue weighted by Gasteiger charge is -2.13. The molecule has 0 bridgehead atoms. The normalized spacial score (nSPS) is 18.2. The minimum atomic E-state index is -3.75. The van der Waals surface area contributed by atoms with Crippen LogP contribution in [-0.4, -0.2) is 32.8 Å². The molecule has 4 rings (SSSR count). The largest absolute Gasteiger partial charge is 0.480 e. The molecule has 2 aromatic rings. The van der Waals surface area contributed by atoms with Gasteiger partial charge >= 0.3 is 0 Å². The van der Waals surface area contributed by atoms with Crippen LogP contribution < -0.4 is 14.8 Å². The van der Waals surface area contributed by atoms with Crippen LogP contribution >= 0.6 is 11.6 Å². The summed E-state index contributed by atoms with van der Waals surface area (Å²) in [5, 5.41) is 3.30. The standard InChI is InChI=1S/C19H18ClN3O4S/c20-13-6-7-16-12(9-13)10-17(27-16)19(24)22-14-3-1-4-15(11-14)28(25,26)23-18-5-2-8-21-18/h1,3-4,6-7,9,11,17H,2,5,8,10H2,(H,21,23)(H,22,24)/t17-/m0/s1. The Kier molecular flexibility index (Phi) is 4.99. The summed E-state index contributed by atoms with van der Waals surface area (Å²) in [5.41, 5.74) is 1.24. The molecule has 2 heterocycles. The molecule has 0 aliphatic carbocycles. The molecule has 0 aromatic heterocycles. The average Bonchev–Trinajstić information content (AvgIpc) is 3.30. The fourth-order valence-corrected chi connectivity index (χ4v) is 4.49. The Hall–Kier alpha value is -2.58. The van der Waals surface area contributed by atoms with Crippen LogP contribution in [-0.2, 0) is 21.2 Å². The summed E-state index contributed by atoms with van der Waals surface area (Å²) in [6, 6.07) is 11.3. The summed E-state index contributed by atoms with van der Waals surface area (Å²) in [5.74, 6) is 0.739. The highest BCUT2D eigenvalue weighted by Gasteiger charge is 2.29. The number of carbonyl (C=O) groups is 1. The number of hydrogen-bond acceptors (Lipinski definition) is 5. The lowest BCUT2D eigenvalue weighted by Crippen LogP contribution is -2.32. The van der Waals surface area contributed by atoms with Crippen molar-refractivity contribution in [1.82, 2.24) is 4.72 Å². The van der Waals surface area contributed by atoms with Crippen molar-refractivity contribution in [2.24, 2.45) is 4.99 Å². The highest BCUT2D eigenvalue weighted by Crippen LogP contribution is 2.31. The van der Waals surface area contributed by atoms with Crippen LogP contribution in [0.3, 0.4) is 0 Å². The Morgan fingerprint density at radius 3 is 2.86 bits per heavy atom. The number of ether oxygens (including phenoxy) is 1. The van der Waals surface area contributed by atoms with Gasteiger partial charge in [-0.2, -0.15) is 0 Å². The van der Waals surface area contributed by atoms with E-state index < -0.39 is 16.1 Å². The monoisotopic (exact) mass is 419 g/mol. The quantitative estimate of drug-likeness (QED) is 0.796. The van der Waals surface area contributed by atoms with Gasteiger partial charge in [0, 0.05) is 30.1 Å². The molecule has 2 aromatic carbocycles. The number of amides is 1. The minimum absolute atomic E-state index is 0.0577. The molecular formula is C19H18ClN3O4S. The van der Waals surface area contributed by atoms with Gasteiger partial charge in [-0.05, 0) is 48.4 Å². The van der Waals surface area contributed by atoms with E-state index in [0.717, 1.165) is 12.0 Å². The zero-order valence-corrected chi connectivity index (χ0v) is 16.4. The number of fused-ring (bicyclic) bond motifs is 1. The van der Waals surface area contributed by atoms with E-state index in [0.29, 0.717) is 41.7 Å². The van der Waals surface area contributed by atoms with E-state index in [4.69, 9.17) is 16.3 Å². The van der Waals surface area contributed by atoms with Crippen molar-refractivity contribution in [3.05, 3.63) is 53.1 Å². The van der Waals surface area contributed by atoms with E-state index in [-0.39, 0.29) is 10.8 Å². The number of rotatable bonds is 4. The fourth-order valence-electron chi connectivity index (χ4n) is 3.16. The van der Waals surface area contributed by atoms with Crippen molar-refractivity contribution < 1.29 is 17.9 Å². The van der Waals surface area contributed by atoms with Crippen molar-refractivity contribution in [2.75, 3.05) is 11.9 Å². The second-order valence-electron chi connectivity index (χ2n) is 6.62. The summed E-state index contributed by atoms with van der Waals surface area (Å²) in [7, 11) is -3.75. The summed E-state index contributed by atoms with van der Waals surface area (Å²) in [6.07, 6.45) is 1.16. The topological polar surface area (TPSA) is 96.9 Å². The van der Waals surface area contributed by atoms with Gasteiger partial charge < -0.3 is 10.1 Å². The van der Waals surface area contributed by atoms with Crippen LogP contribution in [0, 0.1) is 0 Å². The summed E-state index contributed by atoms with van der Waals surface area (Å²) in [4.78, 5) is 16.7. The second-order valence-corrected chi connectivity index (χ2v) is 8.74. The Balaban J connectivity index is 1.46. The maximum atomic E-state index is 12.6. The third-order valence-corrected chi connectivity index (χ3v) is 6.14. The number of amidine groups is 1. The third-order valence-electron chi connectivity index (χ3n) is 4.53. The number of sulfonamides is 1. The number of anilines is 1. The van der Waals surface area contributed by atoms with Gasteiger partial charge in [-0.1, -0.05) is 17.7 Å². The SMILES string of the molecule is O=C(Nc1cccc(S(=O)(=O)NC2=NCCC2)c1)[C@@H]1Cc2cc(Cl)ccc2O1. The number of carbonyl (C=O) groups excluding carboxylic acids is 1. The molecular weight excluding hydrogens is 402 g/mol. The maximum absolute atomic E-state index is 12.6. The molecule has 0 saturated carbocycles. The van der Waals surface area contributed by atoms with Crippen molar-refractivity contribution in [3.63, 3.8) is 0 Å². The van der Waals surface area contributed by atoms with E-state index in [1.807, 2.05) is 0 Å². The Morgan fingerprint density at radius 2 is 2.07 bits per heavy atom.